The van der Waals surface area contributed by atoms with Crippen LogP contribution in [0.4, 0.5) is 0 Å². The lowest BCUT2D eigenvalue weighted by atomic mass is 10.1. The monoisotopic (exact) mass is 252 g/mol. The van der Waals surface area contributed by atoms with Crippen molar-refractivity contribution in [3.8, 4) is 5.75 Å². The van der Waals surface area contributed by atoms with E-state index in [1.165, 1.54) is 24.9 Å². The fraction of sp³-hybridized carbons (Fsp3) is 0.500. The summed E-state index contributed by atoms with van der Waals surface area (Å²) in [7, 11) is 0. The molecule has 1 aliphatic heterocycles. The van der Waals surface area contributed by atoms with Gasteiger partial charge >= 0.3 is 0 Å². The highest BCUT2D eigenvalue weighted by Crippen LogP contribution is 2.37. The van der Waals surface area contributed by atoms with Crippen LogP contribution in [0.3, 0.4) is 0 Å². The van der Waals surface area contributed by atoms with Crippen LogP contribution in [0.15, 0.2) is 18.5 Å². The summed E-state index contributed by atoms with van der Waals surface area (Å²) in [6.45, 7) is 2.80. The van der Waals surface area contributed by atoms with Crippen molar-refractivity contribution < 1.29 is 9.90 Å². The number of carbonyl (C=O) groups excluding carboxylic acids is 1. The molecular formula is C12H16N2O2S. The molecule has 2 N–H and O–H groups in total. The predicted octanol–water partition coefficient (Wildman–Crippen LogP) is 1.80. The van der Waals surface area contributed by atoms with Crippen LogP contribution in [-0.2, 0) is 0 Å². The van der Waals surface area contributed by atoms with E-state index in [1.807, 2.05) is 11.8 Å². The van der Waals surface area contributed by atoms with Gasteiger partial charge in [0, 0.05) is 17.5 Å². The standard InChI is InChI=1S/C12H16N2O2S/c1-12(4-2-6-17-12)8-14-11(16)9-3-5-13-7-10(9)15/h3,5,7,15H,2,4,6,8H2,1H3,(H,14,16). The first-order valence-corrected chi connectivity index (χ1v) is 6.64. The number of hydrogen-bond acceptors (Lipinski definition) is 4. The maximum atomic E-state index is 11.9. The average Bonchev–Trinajstić information content (AvgIpc) is 2.74. The number of nitrogens with one attached hydrogen (secondary N) is 1. The van der Waals surface area contributed by atoms with E-state index in [-0.39, 0.29) is 22.0 Å². The second kappa shape index (κ2) is 4.96. The third-order valence-corrected chi connectivity index (χ3v) is 4.51. The topological polar surface area (TPSA) is 62.2 Å². The van der Waals surface area contributed by atoms with E-state index in [4.69, 9.17) is 0 Å². The molecular weight excluding hydrogens is 236 g/mol. The smallest absolute Gasteiger partial charge is 0.255 e. The van der Waals surface area contributed by atoms with E-state index in [0.717, 1.165) is 12.2 Å². The molecule has 5 heteroatoms. The zero-order valence-corrected chi connectivity index (χ0v) is 10.6. The quantitative estimate of drug-likeness (QED) is 0.861. The van der Waals surface area contributed by atoms with Crippen LogP contribution in [0.2, 0.25) is 0 Å². The first-order valence-electron chi connectivity index (χ1n) is 5.66. The van der Waals surface area contributed by atoms with Crippen molar-refractivity contribution in [2.75, 3.05) is 12.3 Å². The molecule has 1 aliphatic rings. The molecule has 2 heterocycles. The van der Waals surface area contributed by atoms with E-state index in [2.05, 4.69) is 17.2 Å². The lowest BCUT2D eigenvalue weighted by Gasteiger charge is -2.22. The van der Waals surface area contributed by atoms with Gasteiger partial charge in [-0.15, -0.1) is 0 Å². The Morgan fingerprint density at radius 2 is 2.53 bits per heavy atom. The molecule has 4 nitrogen and oxygen atoms in total. The number of hydrogen-bond donors (Lipinski definition) is 2. The zero-order chi connectivity index (χ0) is 12.3. The van der Waals surface area contributed by atoms with Crippen LogP contribution in [0.25, 0.3) is 0 Å². The van der Waals surface area contributed by atoms with Gasteiger partial charge in [-0.3, -0.25) is 9.78 Å². The molecule has 0 saturated carbocycles. The Hall–Kier alpha value is -1.23. The third kappa shape index (κ3) is 2.91. The number of aromatic hydroxyl groups is 1. The van der Waals surface area contributed by atoms with Crippen molar-refractivity contribution in [1.82, 2.24) is 10.3 Å². The first kappa shape index (κ1) is 12.2. The van der Waals surface area contributed by atoms with Crippen LogP contribution < -0.4 is 5.32 Å². The van der Waals surface area contributed by atoms with Gasteiger partial charge in [0.25, 0.3) is 5.91 Å². The summed E-state index contributed by atoms with van der Waals surface area (Å²) in [6, 6.07) is 1.52. The normalized spacial score (nSPS) is 23.6. The van der Waals surface area contributed by atoms with E-state index >= 15 is 0 Å². The van der Waals surface area contributed by atoms with Crippen LogP contribution >= 0.6 is 11.8 Å². The highest BCUT2D eigenvalue weighted by Gasteiger charge is 2.30. The van der Waals surface area contributed by atoms with E-state index in [1.54, 1.807) is 0 Å². The Kier molecular flexibility index (Phi) is 3.57. The van der Waals surface area contributed by atoms with Gasteiger partial charge in [-0.25, -0.2) is 0 Å². The number of aromatic nitrogens is 1. The molecule has 1 fully saturated rings. The third-order valence-electron chi connectivity index (χ3n) is 2.97. The molecule has 2 rings (SSSR count). The van der Waals surface area contributed by atoms with E-state index in [9.17, 15) is 9.90 Å². The molecule has 1 unspecified atom stereocenters. The summed E-state index contributed by atoms with van der Waals surface area (Å²) in [4.78, 5) is 15.6. The van der Waals surface area contributed by atoms with E-state index < -0.39 is 0 Å². The molecule has 17 heavy (non-hydrogen) atoms. The van der Waals surface area contributed by atoms with Gasteiger partial charge in [-0.1, -0.05) is 0 Å². The summed E-state index contributed by atoms with van der Waals surface area (Å²) in [5.74, 6) is 0.847. The maximum Gasteiger partial charge on any atom is 0.255 e. The molecule has 0 aliphatic carbocycles. The number of thioether (sulfide) groups is 1. The summed E-state index contributed by atoms with van der Waals surface area (Å²) in [6.07, 6.45) is 5.11. The summed E-state index contributed by atoms with van der Waals surface area (Å²) >= 11 is 1.90. The molecule has 1 aromatic heterocycles. The van der Waals surface area contributed by atoms with Gasteiger partial charge in [-0.05, 0) is 31.6 Å². The molecule has 0 radical (unpaired) electrons. The van der Waals surface area contributed by atoms with Gasteiger partial charge in [0.15, 0.2) is 0 Å². The molecule has 92 valence electrons. The Morgan fingerprint density at radius 1 is 1.71 bits per heavy atom. The number of rotatable bonds is 3. The molecule has 0 aromatic carbocycles. The lowest BCUT2D eigenvalue weighted by molar-refractivity contribution is 0.0947. The van der Waals surface area contributed by atoms with Crippen molar-refractivity contribution in [2.45, 2.75) is 24.5 Å². The number of pyridine rings is 1. The van der Waals surface area contributed by atoms with Crippen molar-refractivity contribution in [3.63, 3.8) is 0 Å². The van der Waals surface area contributed by atoms with Crippen molar-refractivity contribution in [2.24, 2.45) is 0 Å². The van der Waals surface area contributed by atoms with Crippen LogP contribution in [0.5, 0.6) is 5.75 Å². The molecule has 1 aromatic rings. The minimum absolute atomic E-state index is 0.0748. The number of carbonyl (C=O) groups is 1. The first-order chi connectivity index (χ1) is 8.11. The second-order valence-electron chi connectivity index (χ2n) is 4.48. The highest BCUT2D eigenvalue weighted by molar-refractivity contribution is 8.00. The Morgan fingerprint density at radius 3 is 3.18 bits per heavy atom. The van der Waals surface area contributed by atoms with Crippen LogP contribution in [0.1, 0.15) is 30.1 Å². The highest BCUT2D eigenvalue weighted by atomic mass is 32.2. The summed E-state index contributed by atoms with van der Waals surface area (Å²) < 4.78 is 0.137. The maximum absolute atomic E-state index is 11.9. The van der Waals surface area contributed by atoms with Crippen molar-refractivity contribution in [1.29, 1.82) is 0 Å². The predicted molar refractivity (Wildman–Crippen MR) is 68.3 cm³/mol. The van der Waals surface area contributed by atoms with Crippen LogP contribution in [-0.4, -0.2) is 33.0 Å². The Balaban J connectivity index is 1.96. The number of amides is 1. The lowest BCUT2D eigenvalue weighted by Crippen LogP contribution is -2.36. The van der Waals surface area contributed by atoms with Gasteiger partial charge in [0.1, 0.15) is 5.75 Å². The minimum Gasteiger partial charge on any atom is -0.505 e. The van der Waals surface area contributed by atoms with Gasteiger partial charge in [-0.2, -0.15) is 11.8 Å². The Labute approximate surface area is 105 Å². The molecule has 1 saturated heterocycles. The zero-order valence-electron chi connectivity index (χ0n) is 9.77. The second-order valence-corrected chi connectivity index (χ2v) is 6.16. The molecule has 0 spiro atoms. The average molecular weight is 252 g/mol. The Bertz CT molecular complexity index is 417. The van der Waals surface area contributed by atoms with Crippen LogP contribution in [0, 0.1) is 0 Å². The molecule has 1 atom stereocenters. The fourth-order valence-electron chi connectivity index (χ4n) is 1.92. The van der Waals surface area contributed by atoms with Gasteiger partial charge < -0.3 is 10.4 Å². The summed E-state index contributed by atoms with van der Waals surface area (Å²) in [5.41, 5.74) is 0.284. The summed E-state index contributed by atoms with van der Waals surface area (Å²) in [5, 5.41) is 12.4. The fourth-order valence-corrected chi connectivity index (χ4v) is 3.16. The van der Waals surface area contributed by atoms with Gasteiger partial charge in [0.2, 0.25) is 0 Å². The van der Waals surface area contributed by atoms with E-state index in [0.29, 0.717) is 6.54 Å². The number of nitrogens with zero attached hydrogens (tertiary/aromatic N) is 1. The molecule has 0 bridgehead atoms. The van der Waals surface area contributed by atoms with Gasteiger partial charge in [0.05, 0.1) is 11.8 Å². The van der Waals surface area contributed by atoms with Crippen molar-refractivity contribution >= 4 is 17.7 Å². The van der Waals surface area contributed by atoms with Crippen molar-refractivity contribution in [3.05, 3.63) is 24.0 Å². The largest absolute Gasteiger partial charge is 0.505 e. The minimum atomic E-state index is -0.237. The SMILES string of the molecule is CC1(CNC(=O)c2ccncc2O)CCCS1. The molecule has 1 amide bonds.